The van der Waals surface area contributed by atoms with Gasteiger partial charge < -0.3 is 9.97 Å². The number of benzene rings is 1. The Morgan fingerprint density at radius 2 is 2.00 bits per heavy atom. The maximum Gasteiger partial charge on any atom is 0.323 e. The minimum absolute atomic E-state index is 0.162. The van der Waals surface area contributed by atoms with Crippen molar-refractivity contribution < 1.29 is 8.78 Å². The molecule has 2 N–H and O–H groups in total. The zero-order valence-corrected chi connectivity index (χ0v) is 10.6. The third kappa shape index (κ3) is 2.09. The highest BCUT2D eigenvalue weighted by atomic mass is 19.3. The van der Waals surface area contributed by atoms with Crippen LogP contribution in [-0.2, 0) is 5.92 Å². The third-order valence-corrected chi connectivity index (χ3v) is 3.11. The molecule has 1 aromatic carbocycles. The summed E-state index contributed by atoms with van der Waals surface area (Å²) in [5, 5.41) is 0. The van der Waals surface area contributed by atoms with Gasteiger partial charge in [0.2, 0.25) is 0 Å². The van der Waals surface area contributed by atoms with Crippen LogP contribution in [0.25, 0.3) is 22.2 Å². The molecule has 2 heterocycles. The minimum Gasteiger partial charge on any atom is -0.306 e. The Balaban J connectivity index is 2.23. The standard InChI is InChI=1S/C14H11F2N3O/c1-14(15,16)9-5-8(6-17-7-9)10-3-2-4-11-12(10)19-13(20)18-11/h2-7H,1H3,(H2,18,19,20). The fourth-order valence-corrected chi connectivity index (χ4v) is 2.13. The summed E-state index contributed by atoms with van der Waals surface area (Å²) in [6.07, 6.45) is 2.64. The van der Waals surface area contributed by atoms with Crippen molar-refractivity contribution in [3.8, 4) is 11.1 Å². The quantitative estimate of drug-likeness (QED) is 0.755. The second-order valence-electron chi connectivity index (χ2n) is 4.66. The highest BCUT2D eigenvalue weighted by Gasteiger charge is 2.25. The normalized spacial score (nSPS) is 11.9. The average molecular weight is 275 g/mol. The average Bonchev–Trinajstić information content (AvgIpc) is 2.77. The molecule has 2 aromatic heterocycles. The van der Waals surface area contributed by atoms with E-state index >= 15 is 0 Å². The van der Waals surface area contributed by atoms with Crippen molar-refractivity contribution in [1.82, 2.24) is 15.0 Å². The molecule has 0 fully saturated rings. The number of halogens is 2. The first-order chi connectivity index (χ1) is 9.45. The van der Waals surface area contributed by atoms with E-state index < -0.39 is 5.92 Å². The van der Waals surface area contributed by atoms with Gasteiger partial charge in [0.1, 0.15) is 0 Å². The fraction of sp³-hybridized carbons (Fsp3) is 0.143. The molecule has 0 atom stereocenters. The zero-order chi connectivity index (χ0) is 14.3. The van der Waals surface area contributed by atoms with E-state index in [1.165, 1.54) is 12.3 Å². The Hall–Kier alpha value is -2.50. The molecule has 0 amide bonds. The largest absolute Gasteiger partial charge is 0.323 e. The molecule has 0 aliphatic rings. The first-order valence-corrected chi connectivity index (χ1v) is 6.00. The topological polar surface area (TPSA) is 61.5 Å². The zero-order valence-electron chi connectivity index (χ0n) is 10.6. The number of hydrogen-bond acceptors (Lipinski definition) is 2. The summed E-state index contributed by atoms with van der Waals surface area (Å²) < 4.78 is 26.7. The van der Waals surface area contributed by atoms with Gasteiger partial charge in [0.25, 0.3) is 5.92 Å². The van der Waals surface area contributed by atoms with Crippen LogP contribution in [0.1, 0.15) is 12.5 Å². The Bertz CT molecular complexity index is 830. The lowest BCUT2D eigenvalue weighted by Crippen LogP contribution is -2.07. The summed E-state index contributed by atoms with van der Waals surface area (Å²) in [5.41, 5.74) is 1.89. The third-order valence-electron chi connectivity index (χ3n) is 3.11. The van der Waals surface area contributed by atoms with E-state index in [4.69, 9.17) is 0 Å². The molecule has 0 saturated heterocycles. The molecule has 6 heteroatoms. The van der Waals surface area contributed by atoms with Crippen LogP contribution >= 0.6 is 0 Å². The smallest absolute Gasteiger partial charge is 0.306 e. The maximum atomic E-state index is 13.4. The van der Waals surface area contributed by atoms with E-state index in [2.05, 4.69) is 15.0 Å². The van der Waals surface area contributed by atoms with Crippen molar-refractivity contribution in [3.63, 3.8) is 0 Å². The highest BCUT2D eigenvalue weighted by Crippen LogP contribution is 2.31. The van der Waals surface area contributed by atoms with Crippen molar-refractivity contribution in [1.29, 1.82) is 0 Å². The van der Waals surface area contributed by atoms with E-state index in [9.17, 15) is 13.6 Å². The Kier molecular flexibility index (Phi) is 2.67. The first kappa shape index (κ1) is 12.5. The molecule has 0 radical (unpaired) electrons. The SMILES string of the molecule is CC(F)(F)c1cncc(-c2cccc3[nH]c(=O)[nH]c23)c1. The molecule has 20 heavy (non-hydrogen) atoms. The van der Waals surface area contributed by atoms with Crippen LogP contribution < -0.4 is 5.69 Å². The number of pyridine rings is 1. The van der Waals surface area contributed by atoms with E-state index in [-0.39, 0.29) is 11.3 Å². The van der Waals surface area contributed by atoms with Crippen molar-refractivity contribution in [3.05, 3.63) is 52.7 Å². The van der Waals surface area contributed by atoms with Gasteiger partial charge in [-0.15, -0.1) is 0 Å². The lowest BCUT2D eigenvalue weighted by molar-refractivity contribution is 0.0171. The van der Waals surface area contributed by atoms with Gasteiger partial charge in [-0.1, -0.05) is 12.1 Å². The van der Waals surface area contributed by atoms with Crippen LogP contribution in [0.3, 0.4) is 0 Å². The number of para-hydroxylation sites is 1. The molecule has 3 rings (SSSR count). The number of H-pyrrole nitrogens is 2. The number of nitrogens with one attached hydrogen (secondary N) is 2. The van der Waals surface area contributed by atoms with Crippen molar-refractivity contribution in [2.75, 3.05) is 0 Å². The fourth-order valence-electron chi connectivity index (χ4n) is 2.13. The van der Waals surface area contributed by atoms with Crippen LogP contribution in [0.5, 0.6) is 0 Å². The minimum atomic E-state index is -2.96. The molecule has 4 nitrogen and oxygen atoms in total. The summed E-state index contributed by atoms with van der Waals surface area (Å²) in [7, 11) is 0. The maximum absolute atomic E-state index is 13.4. The second-order valence-corrected chi connectivity index (χ2v) is 4.66. The number of rotatable bonds is 2. The van der Waals surface area contributed by atoms with E-state index in [0.717, 1.165) is 13.1 Å². The molecule has 0 unspecified atom stereocenters. The molecule has 0 spiro atoms. The van der Waals surface area contributed by atoms with Gasteiger partial charge in [0.15, 0.2) is 0 Å². The van der Waals surface area contributed by atoms with E-state index in [1.54, 1.807) is 18.2 Å². The molecule has 0 bridgehead atoms. The van der Waals surface area contributed by atoms with Crippen LogP contribution in [0.4, 0.5) is 8.78 Å². The Morgan fingerprint density at radius 1 is 1.20 bits per heavy atom. The van der Waals surface area contributed by atoms with Crippen LogP contribution in [-0.4, -0.2) is 15.0 Å². The van der Waals surface area contributed by atoms with Gasteiger partial charge >= 0.3 is 5.69 Å². The predicted molar refractivity (Wildman–Crippen MR) is 71.7 cm³/mol. The highest BCUT2D eigenvalue weighted by molar-refractivity contribution is 5.91. The van der Waals surface area contributed by atoms with Gasteiger partial charge in [-0.2, -0.15) is 0 Å². The van der Waals surface area contributed by atoms with Gasteiger partial charge in [0.05, 0.1) is 11.0 Å². The number of fused-ring (bicyclic) bond motifs is 1. The van der Waals surface area contributed by atoms with Crippen molar-refractivity contribution in [2.24, 2.45) is 0 Å². The van der Waals surface area contributed by atoms with Crippen LogP contribution in [0.2, 0.25) is 0 Å². The van der Waals surface area contributed by atoms with Crippen LogP contribution in [0, 0.1) is 0 Å². The van der Waals surface area contributed by atoms with Crippen LogP contribution in [0.15, 0.2) is 41.5 Å². The molecule has 0 aliphatic heterocycles. The Labute approximate surface area is 112 Å². The number of hydrogen-bond donors (Lipinski definition) is 2. The number of alkyl halides is 2. The Morgan fingerprint density at radius 3 is 2.75 bits per heavy atom. The number of imidazole rings is 1. The van der Waals surface area contributed by atoms with Gasteiger partial charge in [-0.3, -0.25) is 4.98 Å². The summed E-state index contributed by atoms with van der Waals surface area (Å²) in [5.74, 6) is -2.96. The van der Waals surface area contributed by atoms with Gasteiger partial charge in [-0.05, 0) is 12.1 Å². The second kappa shape index (κ2) is 4.26. The van der Waals surface area contributed by atoms with E-state index in [1.807, 2.05) is 0 Å². The summed E-state index contributed by atoms with van der Waals surface area (Å²) in [4.78, 5) is 20.5. The van der Waals surface area contributed by atoms with Crippen molar-refractivity contribution in [2.45, 2.75) is 12.8 Å². The predicted octanol–water partition coefficient (Wildman–Crippen LogP) is 3.03. The monoisotopic (exact) mass is 275 g/mol. The molecular formula is C14H11F2N3O. The first-order valence-electron chi connectivity index (χ1n) is 6.00. The lowest BCUT2D eigenvalue weighted by atomic mass is 10.0. The van der Waals surface area contributed by atoms with Crippen molar-refractivity contribution >= 4 is 11.0 Å². The molecule has 102 valence electrons. The van der Waals surface area contributed by atoms with Gasteiger partial charge in [-0.25, -0.2) is 13.6 Å². The molecular weight excluding hydrogens is 264 g/mol. The van der Waals surface area contributed by atoms with E-state index in [0.29, 0.717) is 22.2 Å². The lowest BCUT2D eigenvalue weighted by Gasteiger charge is -2.11. The number of nitrogens with zero attached hydrogens (tertiary/aromatic N) is 1. The summed E-state index contributed by atoms with van der Waals surface area (Å²) in [6, 6.07) is 6.62. The molecule has 0 aliphatic carbocycles. The van der Waals surface area contributed by atoms with Gasteiger partial charge in [0, 0.05) is 36.0 Å². The summed E-state index contributed by atoms with van der Waals surface area (Å²) in [6.45, 7) is 0.826. The number of aromatic amines is 2. The summed E-state index contributed by atoms with van der Waals surface area (Å²) >= 11 is 0. The molecule has 0 saturated carbocycles. The number of aromatic nitrogens is 3. The molecule has 3 aromatic rings.